The van der Waals surface area contributed by atoms with Crippen molar-refractivity contribution in [1.82, 2.24) is 0 Å². The van der Waals surface area contributed by atoms with Crippen molar-refractivity contribution in [3.8, 4) is 28.7 Å². The number of benzene rings is 3. The number of carbonyl (C=O) groups is 1. The first-order chi connectivity index (χ1) is 16.9. The molecule has 7 heteroatoms. The molecule has 0 aliphatic carbocycles. The van der Waals surface area contributed by atoms with Crippen LogP contribution in [-0.2, 0) is 11.2 Å². The summed E-state index contributed by atoms with van der Waals surface area (Å²) in [5.74, 6) is 2.54. The first-order valence-electron chi connectivity index (χ1n) is 11.1. The van der Waals surface area contributed by atoms with Crippen molar-refractivity contribution in [3.63, 3.8) is 0 Å². The molecule has 0 radical (unpaired) electrons. The Hall–Kier alpha value is -3.71. The van der Waals surface area contributed by atoms with Crippen molar-refractivity contribution in [2.24, 2.45) is 0 Å². The van der Waals surface area contributed by atoms with Gasteiger partial charge in [-0.05, 0) is 48.7 Å². The highest BCUT2D eigenvalue weighted by Gasteiger charge is 2.28. The molecule has 186 valence electrons. The Bertz CT molecular complexity index is 1170. The van der Waals surface area contributed by atoms with Gasteiger partial charge in [-0.25, -0.2) is 0 Å². The molecule has 7 nitrogen and oxygen atoms in total. The number of methoxy groups -OCH3 is 6. The monoisotopic (exact) mass is 480 g/mol. The Labute approximate surface area is 206 Å². The number of hydrogen-bond donors (Lipinski definition) is 0. The molecule has 3 rings (SSSR count). The third kappa shape index (κ3) is 5.52. The summed E-state index contributed by atoms with van der Waals surface area (Å²) in [5.41, 5.74) is 3.24. The molecule has 0 amide bonds. The lowest BCUT2D eigenvalue weighted by molar-refractivity contribution is 0.0999. The van der Waals surface area contributed by atoms with E-state index in [1.54, 1.807) is 53.7 Å². The second kappa shape index (κ2) is 11.6. The molecule has 35 heavy (non-hydrogen) atoms. The van der Waals surface area contributed by atoms with Crippen LogP contribution in [0.3, 0.4) is 0 Å². The summed E-state index contributed by atoms with van der Waals surface area (Å²) in [6.07, 6.45) is 0.0821. The lowest BCUT2D eigenvalue weighted by Crippen LogP contribution is -2.14. The van der Waals surface area contributed by atoms with Crippen LogP contribution in [-0.4, -0.2) is 48.4 Å². The van der Waals surface area contributed by atoms with Crippen LogP contribution < -0.4 is 23.7 Å². The predicted octanol–water partition coefficient (Wildman–Crippen LogP) is 5.26. The Balaban J connectivity index is 2.24. The van der Waals surface area contributed by atoms with E-state index in [1.165, 1.54) is 7.11 Å². The van der Waals surface area contributed by atoms with Crippen molar-refractivity contribution >= 4 is 5.78 Å². The van der Waals surface area contributed by atoms with E-state index >= 15 is 0 Å². The maximum atomic E-state index is 14.2. The van der Waals surface area contributed by atoms with E-state index in [4.69, 9.17) is 28.4 Å². The van der Waals surface area contributed by atoms with Gasteiger partial charge in [0, 0.05) is 30.4 Å². The van der Waals surface area contributed by atoms with Gasteiger partial charge in [0.15, 0.2) is 5.78 Å². The molecule has 0 fully saturated rings. The minimum atomic E-state index is -0.399. The van der Waals surface area contributed by atoms with E-state index in [0.29, 0.717) is 46.1 Å². The minimum absolute atomic E-state index is 0.232. The molecule has 0 unspecified atom stereocenters. The normalized spacial score (nSPS) is 11.5. The van der Waals surface area contributed by atoms with Gasteiger partial charge in [0.1, 0.15) is 28.7 Å². The van der Waals surface area contributed by atoms with Crippen molar-refractivity contribution < 1.29 is 33.2 Å². The van der Waals surface area contributed by atoms with Crippen LogP contribution in [0.2, 0.25) is 0 Å². The van der Waals surface area contributed by atoms with E-state index in [0.717, 1.165) is 16.9 Å². The van der Waals surface area contributed by atoms with Crippen molar-refractivity contribution in [3.05, 3.63) is 76.3 Å². The van der Waals surface area contributed by atoms with Crippen molar-refractivity contribution in [2.45, 2.75) is 19.4 Å². The molecule has 0 aromatic heterocycles. The van der Waals surface area contributed by atoms with Crippen molar-refractivity contribution in [2.75, 3.05) is 42.7 Å². The lowest BCUT2D eigenvalue weighted by atomic mass is 9.89. The van der Waals surface area contributed by atoms with Crippen molar-refractivity contribution in [1.29, 1.82) is 0 Å². The molecule has 3 aromatic carbocycles. The summed E-state index contributed by atoms with van der Waals surface area (Å²) in [6, 6.07) is 14.7. The molecule has 0 spiro atoms. The van der Waals surface area contributed by atoms with Gasteiger partial charge >= 0.3 is 0 Å². The SMILES string of the molecule is COc1ccc(Cc2cc(OC)cc(OC)c2C(=O)c2cc(OC)cc(OC)c2[C@@H](C)OC)cc1. The Morgan fingerprint density at radius 2 is 1.29 bits per heavy atom. The second-order valence-corrected chi connectivity index (χ2v) is 7.89. The highest BCUT2D eigenvalue weighted by molar-refractivity contribution is 6.13. The average molecular weight is 481 g/mol. The number of ether oxygens (including phenoxy) is 6. The van der Waals surface area contributed by atoms with E-state index < -0.39 is 6.10 Å². The molecule has 3 aromatic rings. The summed E-state index contributed by atoms with van der Waals surface area (Å²) in [7, 11) is 9.43. The summed E-state index contributed by atoms with van der Waals surface area (Å²) in [6.45, 7) is 1.87. The van der Waals surface area contributed by atoms with Gasteiger partial charge in [-0.2, -0.15) is 0 Å². The molecule has 0 saturated heterocycles. The van der Waals surface area contributed by atoms with Gasteiger partial charge in [-0.15, -0.1) is 0 Å². The van der Waals surface area contributed by atoms with Crippen LogP contribution in [0.1, 0.15) is 45.6 Å². The van der Waals surface area contributed by atoms with Crippen LogP contribution in [0.25, 0.3) is 0 Å². The fourth-order valence-electron chi connectivity index (χ4n) is 4.03. The fraction of sp³-hybridized carbons (Fsp3) is 0.321. The molecule has 0 aliphatic heterocycles. The molecule has 0 heterocycles. The molecular weight excluding hydrogens is 448 g/mol. The van der Waals surface area contributed by atoms with Gasteiger partial charge in [0.25, 0.3) is 0 Å². The number of hydrogen-bond acceptors (Lipinski definition) is 7. The Morgan fingerprint density at radius 1 is 0.714 bits per heavy atom. The quantitative estimate of drug-likeness (QED) is 0.347. The van der Waals surface area contributed by atoms with Gasteiger partial charge in [-0.1, -0.05) is 12.1 Å². The first-order valence-corrected chi connectivity index (χ1v) is 11.1. The van der Waals surface area contributed by atoms with Gasteiger partial charge in [0.05, 0.1) is 47.2 Å². The van der Waals surface area contributed by atoms with Gasteiger partial charge in [-0.3, -0.25) is 4.79 Å². The highest BCUT2D eigenvalue weighted by atomic mass is 16.5. The summed E-state index contributed by atoms with van der Waals surface area (Å²) < 4.78 is 33.1. The number of ketones is 1. The predicted molar refractivity (Wildman–Crippen MR) is 134 cm³/mol. The molecule has 0 bridgehead atoms. The fourth-order valence-corrected chi connectivity index (χ4v) is 4.03. The summed E-state index contributed by atoms with van der Waals surface area (Å²) >= 11 is 0. The maximum absolute atomic E-state index is 14.2. The lowest BCUT2D eigenvalue weighted by Gasteiger charge is -2.21. The number of carbonyl (C=O) groups excluding carboxylic acids is 1. The zero-order valence-corrected chi connectivity index (χ0v) is 21.3. The van der Waals surface area contributed by atoms with Crippen LogP contribution in [0.4, 0.5) is 0 Å². The minimum Gasteiger partial charge on any atom is -0.497 e. The van der Waals surface area contributed by atoms with E-state index in [-0.39, 0.29) is 5.78 Å². The van der Waals surface area contributed by atoms with Gasteiger partial charge < -0.3 is 28.4 Å². The maximum Gasteiger partial charge on any atom is 0.197 e. The zero-order valence-electron chi connectivity index (χ0n) is 21.3. The summed E-state index contributed by atoms with van der Waals surface area (Å²) in [4.78, 5) is 14.2. The van der Waals surface area contributed by atoms with Crippen LogP contribution in [0.15, 0.2) is 48.5 Å². The second-order valence-electron chi connectivity index (χ2n) is 7.89. The topological polar surface area (TPSA) is 72.5 Å². The Morgan fingerprint density at radius 3 is 1.83 bits per heavy atom. The van der Waals surface area contributed by atoms with E-state index in [1.807, 2.05) is 37.3 Å². The van der Waals surface area contributed by atoms with Crippen LogP contribution in [0, 0.1) is 0 Å². The third-order valence-corrected chi connectivity index (χ3v) is 5.97. The highest BCUT2D eigenvalue weighted by Crippen LogP contribution is 2.39. The van der Waals surface area contributed by atoms with Gasteiger partial charge in [0.2, 0.25) is 0 Å². The molecule has 0 N–H and O–H groups in total. The zero-order chi connectivity index (χ0) is 25.5. The van der Waals surface area contributed by atoms with E-state index in [2.05, 4.69) is 0 Å². The number of rotatable bonds is 11. The average Bonchev–Trinajstić information content (AvgIpc) is 2.91. The standard InChI is InChI=1S/C28H32O7/c1-17(30-2)26-23(14-22(33-5)16-24(26)34-6)28(29)27-19(13-21(32-4)15-25(27)35-7)12-18-8-10-20(31-3)11-9-18/h8-11,13-17H,12H2,1-7H3/t17-/m1/s1. The third-order valence-electron chi connectivity index (χ3n) is 5.97. The van der Waals surface area contributed by atoms with Crippen LogP contribution in [0.5, 0.6) is 28.7 Å². The smallest absolute Gasteiger partial charge is 0.197 e. The molecule has 1 atom stereocenters. The molecule has 0 aliphatic rings. The largest absolute Gasteiger partial charge is 0.497 e. The van der Waals surface area contributed by atoms with E-state index in [9.17, 15) is 4.79 Å². The first kappa shape index (κ1) is 25.9. The molecule has 0 saturated carbocycles. The molecular formula is C28H32O7. The Kier molecular flexibility index (Phi) is 8.60. The summed E-state index contributed by atoms with van der Waals surface area (Å²) in [5, 5.41) is 0. The van der Waals surface area contributed by atoms with Crippen LogP contribution >= 0.6 is 0 Å².